The number of hydrogen-bond donors (Lipinski definition) is 2. The van der Waals surface area contributed by atoms with Crippen LogP contribution in [0.2, 0.25) is 0 Å². The highest BCUT2D eigenvalue weighted by atomic mass is 32.2. The van der Waals surface area contributed by atoms with Crippen LogP contribution in [0.15, 0.2) is 83.8 Å². The zero-order valence-electron chi connectivity index (χ0n) is 20.5. The van der Waals surface area contributed by atoms with Gasteiger partial charge < -0.3 is 19.9 Å². The zero-order chi connectivity index (χ0) is 25.5. The van der Waals surface area contributed by atoms with E-state index in [1.54, 1.807) is 7.11 Å². The number of sulfone groups is 1. The second-order valence-electron chi connectivity index (χ2n) is 8.60. The zero-order valence-corrected chi connectivity index (χ0v) is 21.3. The number of methoxy groups -OCH3 is 1. The molecule has 4 aromatic rings. The average Bonchev–Trinajstić information content (AvgIpc) is 3.17. The monoisotopic (exact) mass is 505 g/mol. The summed E-state index contributed by atoms with van der Waals surface area (Å²) in [4.78, 5) is 12.5. The molecular weight excluding hydrogens is 474 g/mol. The number of para-hydroxylation sites is 1. The quantitative estimate of drug-likeness (QED) is 0.336. The van der Waals surface area contributed by atoms with E-state index in [0.29, 0.717) is 35.5 Å². The van der Waals surface area contributed by atoms with Crippen molar-refractivity contribution in [1.82, 2.24) is 15.2 Å². The summed E-state index contributed by atoms with van der Waals surface area (Å²) in [6.45, 7) is 2.89. The fourth-order valence-electron chi connectivity index (χ4n) is 4.34. The molecule has 0 aliphatic rings. The van der Waals surface area contributed by atoms with Crippen molar-refractivity contribution in [3.05, 3.63) is 95.7 Å². The van der Waals surface area contributed by atoms with Gasteiger partial charge in [-0.3, -0.25) is 0 Å². The smallest absolute Gasteiger partial charge is 0.314 e. The van der Waals surface area contributed by atoms with E-state index in [2.05, 4.69) is 10.6 Å². The lowest BCUT2D eigenvalue weighted by atomic mass is 10.1. The Balaban J connectivity index is 1.38. The number of urea groups is 1. The van der Waals surface area contributed by atoms with Gasteiger partial charge in [0, 0.05) is 36.2 Å². The van der Waals surface area contributed by atoms with Crippen molar-refractivity contribution in [3.63, 3.8) is 0 Å². The third-order valence-electron chi connectivity index (χ3n) is 6.18. The maximum Gasteiger partial charge on any atom is 0.314 e. The van der Waals surface area contributed by atoms with Crippen LogP contribution in [0, 0.1) is 6.92 Å². The molecule has 2 amide bonds. The predicted octanol–water partition coefficient (Wildman–Crippen LogP) is 4.32. The number of amides is 2. The number of ether oxygens (including phenoxy) is 1. The lowest BCUT2D eigenvalue weighted by Gasteiger charge is -2.10. The SMILES string of the molecule is COc1ccc(CCNC(=O)NCCS(=O)(=O)c2c(C)n(Cc3ccccc3)c3ccccc23)cc1. The third kappa shape index (κ3) is 5.88. The first kappa shape index (κ1) is 25.3. The van der Waals surface area contributed by atoms with Crippen molar-refractivity contribution in [2.75, 3.05) is 26.0 Å². The summed E-state index contributed by atoms with van der Waals surface area (Å²) in [6.07, 6.45) is 0.663. The van der Waals surface area contributed by atoms with E-state index < -0.39 is 9.84 Å². The van der Waals surface area contributed by atoms with Gasteiger partial charge in [0.1, 0.15) is 5.75 Å². The second kappa shape index (κ2) is 11.3. The van der Waals surface area contributed by atoms with Gasteiger partial charge in [0.2, 0.25) is 0 Å². The molecule has 0 bridgehead atoms. The molecule has 0 aliphatic carbocycles. The molecule has 0 unspecified atom stereocenters. The topological polar surface area (TPSA) is 89.4 Å². The molecule has 188 valence electrons. The van der Waals surface area contributed by atoms with Crippen molar-refractivity contribution in [3.8, 4) is 5.75 Å². The Bertz CT molecular complexity index is 1430. The van der Waals surface area contributed by atoms with Crippen LogP contribution in [-0.2, 0) is 22.8 Å². The lowest BCUT2D eigenvalue weighted by Crippen LogP contribution is -2.38. The average molecular weight is 506 g/mol. The van der Waals surface area contributed by atoms with Crippen molar-refractivity contribution >= 4 is 26.8 Å². The van der Waals surface area contributed by atoms with E-state index in [0.717, 1.165) is 22.4 Å². The summed E-state index contributed by atoms with van der Waals surface area (Å²) in [6, 6.07) is 24.8. The van der Waals surface area contributed by atoms with Gasteiger partial charge in [-0.2, -0.15) is 0 Å². The molecule has 0 aliphatic heterocycles. The summed E-state index contributed by atoms with van der Waals surface area (Å²) in [5.74, 6) is 0.600. The van der Waals surface area contributed by atoms with Crippen LogP contribution in [0.4, 0.5) is 4.79 Å². The highest BCUT2D eigenvalue weighted by Gasteiger charge is 2.25. The Morgan fingerprint density at radius 1 is 0.861 bits per heavy atom. The minimum Gasteiger partial charge on any atom is -0.497 e. The first-order chi connectivity index (χ1) is 17.4. The van der Waals surface area contributed by atoms with Gasteiger partial charge >= 0.3 is 6.03 Å². The number of carbonyl (C=O) groups is 1. The molecule has 1 aromatic heterocycles. The Morgan fingerprint density at radius 3 is 2.25 bits per heavy atom. The molecule has 4 rings (SSSR count). The van der Waals surface area contributed by atoms with Gasteiger partial charge in [-0.05, 0) is 42.7 Å². The Kier molecular flexibility index (Phi) is 7.95. The molecule has 0 atom stereocenters. The van der Waals surface area contributed by atoms with Crippen LogP contribution >= 0.6 is 0 Å². The Labute approximate surface area is 212 Å². The van der Waals surface area contributed by atoms with Crippen LogP contribution in [0.1, 0.15) is 16.8 Å². The number of benzene rings is 3. The highest BCUT2D eigenvalue weighted by molar-refractivity contribution is 7.91. The molecule has 0 fully saturated rings. The molecular formula is C28H31N3O4S. The van der Waals surface area contributed by atoms with Crippen LogP contribution in [-0.4, -0.2) is 45.0 Å². The molecule has 36 heavy (non-hydrogen) atoms. The lowest BCUT2D eigenvalue weighted by molar-refractivity contribution is 0.241. The second-order valence-corrected chi connectivity index (χ2v) is 10.6. The summed E-state index contributed by atoms with van der Waals surface area (Å²) in [5.41, 5.74) is 3.74. The number of aromatic nitrogens is 1. The minimum atomic E-state index is -3.63. The predicted molar refractivity (Wildman–Crippen MR) is 142 cm³/mol. The first-order valence-electron chi connectivity index (χ1n) is 11.9. The maximum atomic E-state index is 13.4. The van der Waals surface area contributed by atoms with Crippen molar-refractivity contribution in [1.29, 1.82) is 0 Å². The molecule has 8 heteroatoms. The van der Waals surface area contributed by atoms with Gasteiger partial charge in [0.15, 0.2) is 9.84 Å². The molecule has 0 spiro atoms. The molecule has 3 aromatic carbocycles. The van der Waals surface area contributed by atoms with E-state index >= 15 is 0 Å². The maximum absolute atomic E-state index is 13.4. The normalized spacial score (nSPS) is 11.4. The number of rotatable bonds is 10. The summed E-state index contributed by atoms with van der Waals surface area (Å²) in [5, 5.41) is 6.15. The summed E-state index contributed by atoms with van der Waals surface area (Å²) >= 11 is 0. The number of carbonyl (C=O) groups excluding carboxylic acids is 1. The molecule has 0 saturated heterocycles. The fourth-order valence-corrected chi connectivity index (χ4v) is 5.98. The van der Waals surface area contributed by atoms with Crippen molar-refractivity contribution < 1.29 is 17.9 Å². The van der Waals surface area contributed by atoms with E-state index in [-0.39, 0.29) is 18.3 Å². The largest absolute Gasteiger partial charge is 0.497 e. The number of nitrogens with one attached hydrogen (secondary N) is 2. The number of fused-ring (bicyclic) bond motifs is 1. The standard InChI is InChI=1S/C28H31N3O4S/c1-21-27(25-10-6-7-11-26(25)31(21)20-23-8-4-3-5-9-23)36(33,34)19-18-30-28(32)29-17-16-22-12-14-24(35-2)15-13-22/h3-15H,16-20H2,1-2H3,(H2,29,30,32). The molecule has 0 saturated carbocycles. The van der Waals surface area contributed by atoms with Gasteiger partial charge in [-0.1, -0.05) is 60.7 Å². The molecule has 7 nitrogen and oxygen atoms in total. The third-order valence-corrected chi connectivity index (χ3v) is 8.06. The summed E-state index contributed by atoms with van der Waals surface area (Å²) in [7, 11) is -2.01. The Morgan fingerprint density at radius 2 is 1.53 bits per heavy atom. The van der Waals surface area contributed by atoms with Crippen LogP contribution in [0.3, 0.4) is 0 Å². The van der Waals surface area contributed by atoms with Gasteiger partial charge in [0.05, 0.1) is 17.8 Å². The van der Waals surface area contributed by atoms with Crippen molar-refractivity contribution in [2.24, 2.45) is 0 Å². The van der Waals surface area contributed by atoms with Gasteiger partial charge in [0.25, 0.3) is 0 Å². The minimum absolute atomic E-state index is 0.0222. The molecule has 0 radical (unpaired) electrons. The van der Waals surface area contributed by atoms with Gasteiger partial charge in [-0.25, -0.2) is 13.2 Å². The van der Waals surface area contributed by atoms with Crippen LogP contribution < -0.4 is 15.4 Å². The van der Waals surface area contributed by atoms with Gasteiger partial charge in [-0.15, -0.1) is 0 Å². The number of nitrogens with zero attached hydrogens (tertiary/aromatic N) is 1. The van der Waals surface area contributed by atoms with Crippen molar-refractivity contribution in [2.45, 2.75) is 24.8 Å². The molecule has 2 N–H and O–H groups in total. The highest BCUT2D eigenvalue weighted by Crippen LogP contribution is 2.31. The molecule has 1 heterocycles. The van der Waals surface area contributed by atoms with Crippen LogP contribution in [0.25, 0.3) is 10.9 Å². The first-order valence-corrected chi connectivity index (χ1v) is 13.5. The summed E-state index contributed by atoms with van der Waals surface area (Å²) < 4.78 is 33.9. The fraction of sp³-hybridized carbons (Fsp3) is 0.250. The van der Waals surface area contributed by atoms with E-state index in [1.165, 1.54) is 0 Å². The van der Waals surface area contributed by atoms with E-state index in [9.17, 15) is 13.2 Å². The Hall–Kier alpha value is -3.78. The van der Waals surface area contributed by atoms with E-state index in [4.69, 9.17) is 4.74 Å². The van der Waals surface area contributed by atoms with E-state index in [1.807, 2.05) is 90.4 Å². The number of hydrogen-bond acceptors (Lipinski definition) is 4. The van der Waals surface area contributed by atoms with Crippen LogP contribution in [0.5, 0.6) is 5.75 Å².